The Kier molecular flexibility index (Phi) is 6.32. The number of rotatable bonds is 6. The lowest BCUT2D eigenvalue weighted by atomic mass is 9.80. The summed E-state index contributed by atoms with van der Waals surface area (Å²) in [7, 11) is 0. The fourth-order valence-corrected chi connectivity index (χ4v) is 5.21. The van der Waals surface area contributed by atoms with Gasteiger partial charge in [-0.2, -0.15) is 0 Å². The summed E-state index contributed by atoms with van der Waals surface area (Å²) in [5.41, 5.74) is 5.41. The Morgan fingerprint density at radius 3 is 1.37 bits per heavy atom. The predicted octanol–water partition coefficient (Wildman–Crippen LogP) is 7.09. The van der Waals surface area contributed by atoms with Crippen molar-refractivity contribution in [1.29, 1.82) is 0 Å². The van der Waals surface area contributed by atoms with Gasteiger partial charge in [-0.3, -0.25) is 0 Å². The van der Waals surface area contributed by atoms with E-state index in [4.69, 9.17) is 0 Å². The van der Waals surface area contributed by atoms with Gasteiger partial charge in [-0.1, -0.05) is 80.7 Å². The number of fused-ring (bicyclic) bond motifs is 1. The molecule has 2 aromatic carbocycles. The molecule has 0 saturated carbocycles. The van der Waals surface area contributed by atoms with Crippen molar-refractivity contribution in [1.82, 2.24) is 4.57 Å². The second-order valence-electron chi connectivity index (χ2n) is 10.2. The summed E-state index contributed by atoms with van der Waals surface area (Å²) < 4.78 is 2.22. The highest BCUT2D eigenvalue weighted by molar-refractivity contribution is 5.86. The molecule has 0 aliphatic carbocycles. The van der Waals surface area contributed by atoms with Crippen molar-refractivity contribution in [3.05, 3.63) is 63.8 Å². The Balaban J connectivity index is 2.18. The van der Waals surface area contributed by atoms with Gasteiger partial charge in [0.2, 0.25) is 0 Å². The molecule has 160 valence electrons. The minimum Gasteiger partial charge on any atom is -0.310 e. The Morgan fingerprint density at radius 2 is 1.03 bits per heavy atom. The largest absolute Gasteiger partial charge is 0.310 e. The molecule has 0 amide bonds. The molecule has 1 heterocycles. The highest BCUT2D eigenvalue weighted by Gasteiger charge is 2.20. The van der Waals surface area contributed by atoms with E-state index in [1.165, 1.54) is 27.5 Å². The number of hydrogen-bond donors (Lipinski definition) is 0. The van der Waals surface area contributed by atoms with Gasteiger partial charge in [-0.05, 0) is 70.5 Å². The normalized spacial score (nSPS) is 12.4. The molecule has 1 aromatic heterocycles. The van der Waals surface area contributed by atoms with E-state index < -0.39 is 0 Å². The van der Waals surface area contributed by atoms with Crippen LogP contribution in [0.25, 0.3) is 29.6 Å². The second-order valence-corrected chi connectivity index (χ2v) is 10.2. The van der Waals surface area contributed by atoms with Gasteiger partial charge < -0.3 is 4.57 Å². The molecular weight excluding hydrogens is 362 g/mol. The van der Waals surface area contributed by atoms with Crippen LogP contribution in [0, 0.1) is 11.8 Å². The Morgan fingerprint density at radius 1 is 0.633 bits per heavy atom. The monoisotopic (exact) mass is 401 g/mol. The zero-order valence-electron chi connectivity index (χ0n) is 20.2. The van der Waals surface area contributed by atoms with Gasteiger partial charge in [0.15, 0.2) is 0 Å². The highest BCUT2D eigenvalue weighted by Crippen LogP contribution is 2.32. The molecule has 0 bridgehead atoms. The molecule has 0 fully saturated rings. The topological polar surface area (TPSA) is 4.93 Å². The van der Waals surface area contributed by atoms with E-state index in [-0.39, 0.29) is 0 Å². The first-order chi connectivity index (χ1) is 14.0. The van der Waals surface area contributed by atoms with Gasteiger partial charge in [0.25, 0.3) is 0 Å². The van der Waals surface area contributed by atoms with Crippen molar-refractivity contribution in [2.75, 3.05) is 0 Å². The standard InChI is InChI=1S/C29H39N/c1-17(2)25-15-27-21(9)30(22(10)28(27)16-26(25)18(3)4)24-13-11-23(12-14-24)29(19(5)6)20(7)8/h11-20,29H,9-10H2,1-8H3. The Labute approximate surface area is 183 Å². The third kappa shape index (κ3) is 3.87. The van der Waals surface area contributed by atoms with Crippen LogP contribution in [0.3, 0.4) is 0 Å². The third-order valence-electron chi connectivity index (χ3n) is 6.60. The maximum absolute atomic E-state index is 4.46. The number of aromatic nitrogens is 1. The molecule has 30 heavy (non-hydrogen) atoms. The molecule has 1 heteroatoms. The van der Waals surface area contributed by atoms with E-state index in [0.29, 0.717) is 29.6 Å². The highest BCUT2D eigenvalue weighted by atomic mass is 15.0. The molecule has 0 atom stereocenters. The molecule has 0 saturated heterocycles. The van der Waals surface area contributed by atoms with Crippen LogP contribution in [0.2, 0.25) is 0 Å². The van der Waals surface area contributed by atoms with Gasteiger partial charge in [-0.15, -0.1) is 0 Å². The fourth-order valence-electron chi connectivity index (χ4n) is 5.21. The van der Waals surface area contributed by atoms with Crippen molar-refractivity contribution >= 4 is 23.9 Å². The fraction of sp³-hybridized carbons (Fsp3) is 0.448. The van der Waals surface area contributed by atoms with Gasteiger partial charge in [0.05, 0.1) is 0 Å². The van der Waals surface area contributed by atoms with E-state index in [2.05, 4.69) is 110 Å². The Hall–Kier alpha value is -2.28. The average molecular weight is 402 g/mol. The molecule has 0 radical (unpaired) electrons. The molecule has 0 unspecified atom stereocenters. The van der Waals surface area contributed by atoms with Crippen LogP contribution in [-0.2, 0) is 0 Å². The molecular formula is C29H39N. The summed E-state index contributed by atoms with van der Waals surface area (Å²) in [6.45, 7) is 27.3. The number of benzene rings is 2. The molecule has 0 spiro atoms. The van der Waals surface area contributed by atoms with Gasteiger partial charge in [0, 0.05) is 27.2 Å². The second kappa shape index (κ2) is 8.46. The molecule has 3 rings (SSSR count). The summed E-state index contributed by atoms with van der Waals surface area (Å²) in [6, 6.07) is 13.8. The van der Waals surface area contributed by atoms with Gasteiger partial charge in [0.1, 0.15) is 0 Å². The lowest BCUT2D eigenvalue weighted by molar-refractivity contribution is 0.388. The third-order valence-corrected chi connectivity index (χ3v) is 6.60. The predicted molar refractivity (Wildman–Crippen MR) is 134 cm³/mol. The first kappa shape index (κ1) is 22.4. The molecule has 0 aliphatic rings. The van der Waals surface area contributed by atoms with Crippen molar-refractivity contribution in [3.63, 3.8) is 0 Å². The summed E-state index contributed by atoms with van der Waals surface area (Å²) >= 11 is 0. The van der Waals surface area contributed by atoms with E-state index >= 15 is 0 Å². The lowest BCUT2D eigenvalue weighted by Crippen LogP contribution is -2.23. The van der Waals surface area contributed by atoms with Crippen molar-refractivity contribution in [2.24, 2.45) is 11.8 Å². The lowest BCUT2D eigenvalue weighted by Gasteiger charge is -2.25. The summed E-state index contributed by atoms with van der Waals surface area (Å²) in [4.78, 5) is 0. The summed E-state index contributed by atoms with van der Waals surface area (Å²) in [5, 5.41) is 4.51. The summed E-state index contributed by atoms with van der Waals surface area (Å²) in [6.07, 6.45) is 0. The first-order valence-corrected chi connectivity index (χ1v) is 11.5. The SMILES string of the molecule is C=c1c2cc(C(C)C)c(C(C)C)cc2c(=C)n1-c1ccc(C(C(C)C)C(C)C)cc1. The van der Waals surface area contributed by atoms with Gasteiger partial charge >= 0.3 is 0 Å². The smallest absolute Gasteiger partial charge is 0.0469 e. The Bertz CT molecular complexity index is 1060. The minimum absolute atomic E-state index is 0.492. The quantitative estimate of drug-likeness (QED) is 0.415. The molecule has 0 aliphatic heterocycles. The summed E-state index contributed by atoms with van der Waals surface area (Å²) in [5.74, 6) is 2.81. The average Bonchev–Trinajstić information content (AvgIpc) is 2.91. The van der Waals surface area contributed by atoms with Crippen LogP contribution in [0.4, 0.5) is 0 Å². The van der Waals surface area contributed by atoms with Crippen LogP contribution in [-0.4, -0.2) is 4.57 Å². The van der Waals surface area contributed by atoms with E-state index in [9.17, 15) is 0 Å². The van der Waals surface area contributed by atoms with Crippen LogP contribution in [0.5, 0.6) is 0 Å². The zero-order chi connectivity index (χ0) is 22.3. The van der Waals surface area contributed by atoms with E-state index in [1.807, 2.05) is 0 Å². The van der Waals surface area contributed by atoms with Crippen molar-refractivity contribution < 1.29 is 0 Å². The maximum atomic E-state index is 4.46. The molecule has 1 nitrogen and oxygen atoms in total. The van der Waals surface area contributed by atoms with Crippen LogP contribution in [0.15, 0.2) is 36.4 Å². The first-order valence-electron chi connectivity index (χ1n) is 11.5. The van der Waals surface area contributed by atoms with Gasteiger partial charge in [-0.25, -0.2) is 0 Å². The van der Waals surface area contributed by atoms with Crippen LogP contribution in [0.1, 0.15) is 89.8 Å². The molecule has 0 N–H and O–H groups in total. The van der Waals surface area contributed by atoms with E-state index in [0.717, 1.165) is 16.4 Å². The van der Waals surface area contributed by atoms with Crippen molar-refractivity contribution in [3.8, 4) is 5.69 Å². The van der Waals surface area contributed by atoms with Crippen molar-refractivity contribution in [2.45, 2.75) is 73.1 Å². The van der Waals surface area contributed by atoms with Crippen LogP contribution < -0.4 is 10.7 Å². The maximum Gasteiger partial charge on any atom is 0.0469 e. The zero-order valence-corrected chi connectivity index (χ0v) is 20.2. The molecule has 3 aromatic rings. The minimum atomic E-state index is 0.492. The van der Waals surface area contributed by atoms with E-state index in [1.54, 1.807) is 0 Å². The number of nitrogens with zero attached hydrogens (tertiary/aromatic N) is 1. The van der Waals surface area contributed by atoms with Crippen LogP contribution >= 0.6 is 0 Å². The number of hydrogen-bond acceptors (Lipinski definition) is 0.